The van der Waals surface area contributed by atoms with E-state index in [-0.39, 0.29) is 18.2 Å². The number of fused-ring (bicyclic) bond motifs is 1. The fraction of sp³-hybridized carbons (Fsp3) is 0.500. The van der Waals surface area contributed by atoms with Crippen LogP contribution in [0.4, 0.5) is 5.82 Å². The van der Waals surface area contributed by atoms with Gasteiger partial charge in [0.05, 0.1) is 32.5 Å². The summed E-state index contributed by atoms with van der Waals surface area (Å²) in [4.78, 5) is 14.9. The molecule has 0 spiro atoms. The van der Waals surface area contributed by atoms with Gasteiger partial charge in [-0.15, -0.1) is 0 Å². The first-order valence-corrected chi connectivity index (χ1v) is 8.60. The van der Waals surface area contributed by atoms with Crippen LogP contribution in [0.15, 0.2) is 36.9 Å². The van der Waals surface area contributed by atoms with Gasteiger partial charge in [-0.2, -0.15) is 0 Å². The maximum absolute atomic E-state index is 6.15. The fourth-order valence-electron chi connectivity index (χ4n) is 3.66. The first-order chi connectivity index (χ1) is 12.3. The Bertz CT molecular complexity index is 700. The van der Waals surface area contributed by atoms with Crippen LogP contribution in [0.5, 0.6) is 5.88 Å². The number of methoxy groups -OCH3 is 1. The third-order valence-electron chi connectivity index (χ3n) is 4.88. The SMILES string of the molecule is COc1cc(N2CCO[C@H]3[C@@H](OCc4ccncc4)CC[C@@H]32)ncn1. The van der Waals surface area contributed by atoms with E-state index in [0.717, 1.165) is 30.8 Å². The molecule has 2 aliphatic rings. The van der Waals surface area contributed by atoms with E-state index in [1.165, 1.54) is 0 Å². The molecule has 7 nitrogen and oxygen atoms in total. The minimum atomic E-state index is 0.0662. The Balaban J connectivity index is 1.44. The molecule has 1 saturated heterocycles. The van der Waals surface area contributed by atoms with Crippen molar-refractivity contribution in [3.05, 3.63) is 42.5 Å². The van der Waals surface area contributed by atoms with Gasteiger partial charge in [0.2, 0.25) is 5.88 Å². The number of pyridine rings is 1. The number of rotatable bonds is 5. The molecule has 3 atom stereocenters. The first-order valence-electron chi connectivity index (χ1n) is 8.60. The number of ether oxygens (including phenoxy) is 3. The zero-order valence-corrected chi connectivity index (χ0v) is 14.2. The van der Waals surface area contributed by atoms with Crippen molar-refractivity contribution in [1.82, 2.24) is 15.0 Å². The Kier molecular flexibility index (Phi) is 4.76. The van der Waals surface area contributed by atoms with Crippen LogP contribution in [0.1, 0.15) is 18.4 Å². The lowest BCUT2D eigenvalue weighted by Gasteiger charge is -2.39. The molecule has 132 valence electrons. The lowest BCUT2D eigenvalue weighted by Crippen LogP contribution is -2.52. The summed E-state index contributed by atoms with van der Waals surface area (Å²) in [6.07, 6.45) is 7.30. The predicted molar refractivity (Wildman–Crippen MR) is 91.5 cm³/mol. The summed E-state index contributed by atoms with van der Waals surface area (Å²) in [5.74, 6) is 1.47. The van der Waals surface area contributed by atoms with E-state index in [4.69, 9.17) is 14.2 Å². The highest BCUT2D eigenvalue weighted by atomic mass is 16.5. The van der Waals surface area contributed by atoms with Gasteiger partial charge in [-0.25, -0.2) is 9.97 Å². The van der Waals surface area contributed by atoms with E-state index < -0.39 is 0 Å². The second-order valence-electron chi connectivity index (χ2n) is 6.30. The molecule has 0 bridgehead atoms. The van der Waals surface area contributed by atoms with Crippen molar-refractivity contribution < 1.29 is 14.2 Å². The molecular formula is C18H22N4O3. The molecule has 1 saturated carbocycles. The number of hydrogen-bond donors (Lipinski definition) is 0. The van der Waals surface area contributed by atoms with Crippen LogP contribution in [-0.2, 0) is 16.1 Å². The summed E-state index contributed by atoms with van der Waals surface area (Å²) < 4.78 is 17.4. The smallest absolute Gasteiger partial charge is 0.218 e. The zero-order valence-electron chi connectivity index (χ0n) is 14.2. The van der Waals surface area contributed by atoms with Gasteiger partial charge >= 0.3 is 0 Å². The number of morpholine rings is 1. The number of aromatic nitrogens is 3. The zero-order chi connectivity index (χ0) is 17.1. The van der Waals surface area contributed by atoms with Crippen molar-refractivity contribution in [1.29, 1.82) is 0 Å². The Morgan fingerprint density at radius 1 is 1.24 bits per heavy atom. The molecule has 2 aromatic heterocycles. The van der Waals surface area contributed by atoms with Crippen molar-refractivity contribution in [2.45, 2.75) is 37.7 Å². The molecule has 25 heavy (non-hydrogen) atoms. The van der Waals surface area contributed by atoms with Crippen molar-refractivity contribution in [2.24, 2.45) is 0 Å². The molecule has 0 aromatic carbocycles. The molecule has 1 aliphatic carbocycles. The Labute approximate surface area is 147 Å². The van der Waals surface area contributed by atoms with Gasteiger partial charge < -0.3 is 19.1 Å². The van der Waals surface area contributed by atoms with Gasteiger partial charge in [-0.05, 0) is 30.5 Å². The predicted octanol–water partition coefficient (Wildman–Crippen LogP) is 1.83. The first kappa shape index (κ1) is 16.2. The minimum absolute atomic E-state index is 0.0662. The van der Waals surface area contributed by atoms with E-state index in [9.17, 15) is 0 Å². The third-order valence-corrected chi connectivity index (χ3v) is 4.88. The van der Waals surface area contributed by atoms with Crippen LogP contribution < -0.4 is 9.64 Å². The summed E-state index contributed by atoms with van der Waals surface area (Å²) in [6, 6.07) is 6.12. The fourth-order valence-corrected chi connectivity index (χ4v) is 3.66. The molecule has 2 fully saturated rings. The largest absolute Gasteiger partial charge is 0.481 e. The molecule has 0 amide bonds. The maximum Gasteiger partial charge on any atom is 0.218 e. The monoisotopic (exact) mass is 342 g/mol. The summed E-state index contributed by atoms with van der Waals surface area (Å²) in [5, 5.41) is 0. The highest BCUT2D eigenvalue weighted by Crippen LogP contribution is 2.35. The van der Waals surface area contributed by atoms with Crippen molar-refractivity contribution >= 4 is 5.82 Å². The number of nitrogens with zero attached hydrogens (tertiary/aromatic N) is 4. The van der Waals surface area contributed by atoms with Crippen LogP contribution in [0.2, 0.25) is 0 Å². The standard InChI is InChI=1S/C18H22N4O3/c1-23-17-10-16(20-12-21-17)22-8-9-24-18-14(22)2-3-15(18)25-11-13-4-6-19-7-5-13/h4-7,10,12,14-15,18H,2-3,8-9,11H2,1H3/t14-,15-,18+/m0/s1. The van der Waals surface area contributed by atoms with E-state index in [0.29, 0.717) is 19.1 Å². The Morgan fingerprint density at radius 3 is 2.96 bits per heavy atom. The van der Waals surface area contributed by atoms with Crippen LogP contribution in [0, 0.1) is 0 Å². The highest BCUT2D eigenvalue weighted by Gasteiger charge is 2.44. The molecule has 1 aliphatic heterocycles. The van der Waals surface area contributed by atoms with Crippen LogP contribution >= 0.6 is 0 Å². The summed E-state index contributed by atoms with van der Waals surface area (Å²) >= 11 is 0. The quantitative estimate of drug-likeness (QED) is 0.821. The van der Waals surface area contributed by atoms with Crippen molar-refractivity contribution in [3.63, 3.8) is 0 Å². The molecule has 0 unspecified atom stereocenters. The van der Waals surface area contributed by atoms with Crippen LogP contribution in [0.25, 0.3) is 0 Å². The van der Waals surface area contributed by atoms with Crippen LogP contribution in [0.3, 0.4) is 0 Å². The second-order valence-corrected chi connectivity index (χ2v) is 6.30. The lowest BCUT2D eigenvalue weighted by atomic mass is 10.1. The van der Waals surface area contributed by atoms with Gasteiger partial charge in [-0.1, -0.05) is 0 Å². The molecular weight excluding hydrogens is 320 g/mol. The topological polar surface area (TPSA) is 69.6 Å². The Hall–Kier alpha value is -2.25. The normalized spacial score (nSPS) is 25.6. The van der Waals surface area contributed by atoms with Gasteiger partial charge in [-0.3, -0.25) is 4.98 Å². The average molecular weight is 342 g/mol. The number of anilines is 1. The molecule has 0 N–H and O–H groups in total. The lowest BCUT2D eigenvalue weighted by molar-refractivity contribution is -0.0771. The molecule has 7 heteroatoms. The van der Waals surface area contributed by atoms with E-state index >= 15 is 0 Å². The summed E-state index contributed by atoms with van der Waals surface area (Å²) in [7, 11) is 1.62. The third kappa shape index (κ3) is 3.43. The van der Waals surface area contributed by atoms with Gasteiger partial charge in [0.1, 0.15) is 18.2 Å². The summed E-state index contributed by atoms with van der Waals surface area (Å²) in [6.45, 7) is 2.07. The molecule has 4 rings (SSSR count). The second kappa shape index (κ2) is 7.33. The van der Waals surface area contributed by atoms with E-state index in [1.807, 2.05) is 18.2 Å². The van der Waals surface area contributed by atoms with Gasteiger partial charge in [0.25, 0.3) is 0 Å². The summed E-state index contributed by atoms with van der Waals surface area (Å²) in [5.41, 5.74) is 1.13. The van der Waals surface area contributed by atoms with E-state index in [2.05, 4.69) is 19.9 Å². The molecule has 0 radical (unpaired) electrons. The average Bonchev–Trinajstić information content (AvgIpc) is 3.10. The molecule has 3 heterocycles. The number of hydrogen-bond acceptors (Lipinski definition) is 7. The minimum Gasteiger partial charge on any atom is -0.481 e. The van der Waals surface area contributed by atoms with Gasteiger partial charge in [0, 0.05) is 25.0 Å². The van der Waals surface area contributed by atoms with E-state index in [1.54, 1.807) is 25.8 Å². The van der Waals surface area contributed by atoms with Gasteiger partial charge in [0.15, 0.2) is 0 Å². The van der Waals surface area contributed by atoms with Crippen molar-refractivity contribution in [2.75, 3.05) is 25.2 Å². The molecule has 2 aromatic rings. The van der Waals surface area contributed by atoms with Crippen LogP contribution in [-0.4, -0.2) is 53.5 Å². The highest BCUT2D eigenvalue weighted by molar-refractivity contribution is 5.43. The maximum atomic E-state index is 6.15. The Morgan fingerprint density at radius 2 is 2.12 bits per heavy atom. The van der Waals surface area contributed by atoms with Crippen molar-refractivity contribution in [3.8, 4) is 5.88 Å².